The van der Waals surface area contributed by atoms with E-state index in [0.29, 0.717) is 12.0 Å². The standard InChI is InChI=1S/C14H16F2N2O/c15-8-1-2-13(16)11(5-8)10-6-12(10)14(19)18-9-3-4-17-7-9/h1-2,5,9-10,12,17H,3-4,6-7H2,(H,18,19). The first-order valence-electron chi connectivity index (χ1n) is 6.61. The molecule has 2 aliphatic rings. The summed E-state index contributed by atoms with van der Waals surface area (Å²) in [6.45, 7) is 1.70. The first kappa shape index (κ1) is 12.5. The number of hydrogen-bond donors (Lipinski definition) is 2. The van der Waals surface area contributed by atoms with Crippen molar-refractivity contribution in [2.45, 2.75) is 24.8 Å². The van der Waals surface area contributed by atoms with Crippen LogP contribution in [0.2, 0.25) is 0 Å². The first-order valence-corrected chi connectivity index (χ1v) is 6.61. The Labute approximate surface area is 110 Å². The van der Waals surface area contributed by atoms with Crippen LogP contribution >= 0.6 is 0 Å². The smallest absolute Gasteiger partial charge is 0.224 e. The van der Waals surface area contributed by atoms with E-state index in [1.54, 1.807) is 0 Å². The summed E-state index contributed by atoms with van der Waals surface area (Å²) < 4.78 is 26.7. The van der Waals surface area contributed by atoms with E-state index in [9.17, 15) is 13.6 Å². The molecule has 1 heterocycles. The van der Waals surface area contributed by atoms with Crippen LogP contribution in [0.5, 0.6) is 0 Å². The van der Waals surface area contributed by atoms with E-state index < -0.39 is 11.6 Å². The molecule has 2 fully saturated rings. The lowest BCUT2D eigenvalue weighted by Gasteiger charge is -2.11. The molecule has 0 spiro atoms. The lowest BCUT2D eigenvalue weighted by atomic mass is 10.1. The fourth-order valence-electron chi connectivity index (χ4n) is 2.71. The largest absolute Gasteiger partial charge is 0.352 e. The van der Waals surface area contributed by atoms with Crippen LogP contribution in [-0.2, 0) is 4.79 Å². The van der Waals surface area contributed by atoms with Gasteiger partial charge in [-0.05, 0) is 49.1 Å². The third-order valence-electron chi connectivity index (χ3n) is 3.89. The van der Waals surface area contributed by atoms with E-state index in [4.69, 9.17) is 0 Å². The summed E-state index contributed by atoms with van der Waals surface area (Å²) in [4.78, 5) is 12.0. The maximum atomic E-state index is 13.6. The van der Waals surface area contributed by atoms with Gasteiger partial charge in [-0.15, -0.1) is 0 Å². The van der Waals surface area contributed by atoms with Crippen molar-refractivity contribution in [2.24, 2.45) is 5.92 Å². The van der Waals surface area contributed by atoms with Crippen molar-refractivity contribution in [1.29, 1.82) is 0 Å². The van der Waals surface area contributed by atoms with E-state index in [-0.39, 0.29) is 23.8 Å². The van der Waals surface area contributed by atoms with Crippen LogP contribution in [0.3, 0.4) is 0 Å². The van der Waals surface area contributed by atoms with Gasteiger partial charge in [0.05, 0.1) is 0 Å². The molecule has 3 rings (SSSR count). The van der Waals surface area contributed by atoms with Crippen molar-refractivity contribution in [3.63, 3.8) is 0 Å². The van der Waals surface area contributed by atoms with Crippen LogP contribution in [0.25, 0.3) is 0 Å². The average molecular weight is 266 g/mol. The Hall–Kier alpha value is -1.49. The summed E-state index contributed by atoms with van der Waals surface area (Å²) in [7, 11) is 0. The summed E-state index contributed by atoms with van der Waals surface area (Å²) in [6.07, 6.45) is 1.53. The summed E-state index contributed by atoms with van der Waals surface area (Å²) in [6, 6.07) is 3.59. The first-order chi connectivity index (χ1) is 9.15. The summed E-state index contributed by atoms with van der Waals surface area (Å²) in [5.41, 5.74) is 0.324. The zero-order valence-electron chi connectivity index (χ0n) is 10.5. The fourth-order valence-corrected chi connectivity index (χ4v) is 2.71. The molecule has 1 aromatic carbocycles. The third-order valence-corrected chi connectivity index (χ3v) is 3.89. The molecule has 3 nitrogen and oxygen atoms in total. The number of carbonyl (C=O) groups excluding carboxylic acids is 1. The second-order valence-electron chi connectivity index (χ2n) is 5.31. The highest BCUT2D eigenvalue weighted by Crippen LogP contribution is 2.48. The van der Waals surface area contributed by atoms with Gasteiger partial charge in [0.2, 0.25) is 5.91 Å². The zero-order valence-corrected chi connectivity index (χ0v) is 10.5. The SMILES string of the molecule is O=C(NC1CCNC1)C1CC1c1cc(F)ccc1F. The minimum absolute atomic E-state index is 0.0395. The van der Waals surface area contributed by atoms with Gasteiger partial charge < -0.3 is 10.6 Å². The Balaban J connectivity index is 1.63. The van der Waals surface area contributed by atoms with Crippen LogP contribution in [0, 0.1) is 17.6 Å². The molecule has 0 bridgehead atoms. The van der Waals surface area contributed by atoms with Crippen LogP contribution in [-0.4, -0.2) is 25.0 Å². The Bertz CT molecular complexity index is 500. The molecule has 1 aromatic rings. The number of benzene rings is 1. The van der Waals surface area contributed by atoms with Gasteiger partial charge in [0.1, 0.15) is 11.6 Å². The highest BCUT2D eigenvalue weighted by Gasteiger charge is 2.45. The van der Waals surface area contributed by atoms with E-state index in [0.717, 1.165) is 31.6 Å². The van der Waals surface area contributed by atoms with Crippen LogP contribution in [0.15, 0.2) is 18.2 Å². The Morgan fingerprint density at radius 1 is 1.37 bits per heavy atom. The molecule has 0 aromatic heterocycles. The van der Waals surface area contributed by atoms with Gasteiger partial charge in [-0.1, -0.05) is 0 Å². The minimum atomic E-state index is -0.456. The van der Waals surface area contributed by atoms with Crippen molar-refractivity contribution in [3.05, 3.63) is 35.4 Å². The van der Waals surface area contributed by atoms with Crippen molar-refractivity contribution in [1.82, 2.24) is 10.6 Å². The maximum Gasteiger partial charge on any atom is 0.224 e. The van der Waals surface area contributed by atoms with Gasteiger partial charge in [-0.2, -0.15) is 0 Å². The second kappa shape index (κ2) is 4.89. The highest BCUT2D eigenvalue weighted by molar-refractivity contribution is 5.83. The molecule has 1 saturated heterocycles. The number of amides is 1. The third kappa shape index (κ3) is 2.61. The maximum absolute atomic E-state index is 13.6. The normalized spacial score (nSPS) is 29.3. The highest BCUT2D eigenvalue weighted by atomic mass is 19.1. The van der Waals surface area contributed by atoms with E-state index in [1.165, 1.54) is 6.07 Å². The van der Waals surface area contributed by atoms with Crippen molar-refractivity contribution >= 4 is 5.91 Å². The number of carbonyl (C=O) groups is 1. The molecule has 102 valence electrons. The molecule has 1 aliphatic heterocycles. The van der Waals surface area contributed by atoms with Crippen LogP contribution < -0.4 is 10.6 Å². The lowest BCUT2D eigenvalue weighted by molar-refractivity contribution is -0.123. The molecule has 1 aliphatic carbocycles. The summed E-state index contributed by atoms with van der Waals surface area (Å²) in [5.74, 6) is -1.31. The van der Waals surface area contributed by atoms with E-state index in [2.05, 4.69) is 10.6 Å². The number of rotatable bonds is 3. The van der Waals surface area contributed by atoms with Gasteiger partial charge in [0.25, 0.3) is 0 Å². The molecular formula is C14H16F2N2O. The monoisotopic (exact) mass is 266 g/mol. The number of nitrogens with one attached hydrogen (secondary N) is 2. The minimum Gasteiger partial charge on any atom is -0.352 e. The van der Waals surface area contributed by atoms with Gasteiger partial charge in [0.15, 0.2) is 0 Å². The molecule has 5 heteroatoms. The zero-order chi connectivity index (χ0) is 13.4. The summed E-state index contributed by atoms with van der Waals surface area (Å²) in [5, 5.41) is 6.13. The van der Waals surface area contributed by atoms with Crippen molar-refractivity contribution < 1.29 is 13.6 Å². The van der Waals surface area contributed by atoms with Gasteiger partial charge in [-0.25, -0.2) is 8.78 Å². The lowest BCUT2D eigenvalue weighted by Crippen LogP contribution is -2.37. The Morgan fingerprint density at radius 3 is 2.95 bits per heavy atom. The van der Waals surface area contributed by atoms with Gasteiger partial charge in [0, 0.05) is 18.5 Å². The molecule has 1 amide bonds. The average Bonchev–Trinajstić information content (AvgIpc) is 3.03. The van der Waals surface area contributed by atoms with E-state index in [1.807, 2.05) is 0 Å². The number of hydrogen-bond acceptors (Lipinski definition) is 2. The summed E-state index contributed by atoms with van der Waals surface area (Å²) >= 11 is 0. The Kier molecular flexibility index (Phi) is 3.22. The van der Waals surface area contributed by atoms with Crippen LogP contribution in [0.1, 0.15) is 24.3 Å². The molecule has 2 N–H and O–H groups in total. The van der Waals surface area contributed by atoms with E-state index >= 15 is 0 Å². The fraction of sp³-hybridized carbons (Fsp3) is 0.500. The Morgan fingerprint density at radius 2 is 2.21 bits per heavy atom. The number of halogens is 2. The molecule has 19 heavy (non-hydrogen) atoms. The predicted octanol–water partition coefficient (Wildman–Crippen LogP) is 1.55. The van der Waals surface area contributed by atoms with Crippen molar-refractivity contribution in [3.8, 4) is 0 Å². The predicted molar refractivity (Wildman–Crippen MR) is 66.6 cm³/mol. The van der Waals surface area contributed by atoms with Gasteiger partial charge >= 0.3 is 0 Å². The van der Waals surface area contributed by atoms with Gasteiger partial charge in [-0.3, -0.25) is 4.79 Å². The molecular weight excluding hydrogens is 250 g/mol. The van der Waals surface area contributed by atoms with Crippen molar-refractivity contribution in [2.75, 3.05) is 13.1 Å². The molecule has 3 unspecified atom stereocenters. The second-order valence-corrected chi connectivity index (χ2v) is 5.31. The van der Waals surface area contributed by atoms with Crippen LogP contribution in [0.4, 0.5) is 8.78 Å². The quantitative estimate of drug-likeness (QED) is 0.871. The molecule has 1 saturated carbocycles. The molecule has 0 radical (unpaired) electrons. The topological polar surface area (TPSA) is 41.1 Å². The molecule has 3 atom stereocenters.